The average Bonchev–Trinajstić information content (AvgIpc) is 3.13. The van der Waals surface area contributed by atoms with Crippen LogP contribution in [0.2, 0.25) is 0 Å². The number of hydrogen-bond acceptors (Lipinski definition) is 3. The normalized spacial score (nSPS) is 29.6. The number of carbonyl (C=O) groups excluding carboxylic acids is 1. The lowest BCUT2D eigenvalue weighted by molar-refractivity contribution is 0.0915. The number of sulfonamides is 1. The maximum Gasteiger partial charge on any atom is 0.251 e. The fourth-order valence-electron chi connectivity index (χ4n) is 4.60. The van der Waals surface area contributed by atoms with Crippen molar-refractivity contribution in [3.8, 4) is 0 Å². The molecule has 136 valence electrons. The standard InChI is InChI=1S/C19H26N2O3S/c1-12(18-10-13-5-6-14(18)9-13)20-19(22)15-3-2-4-17(11-15)25(23,24)21-16-7-8-16/h2-4,11-14,16,18,21H,5-10H2,1H3,(H,20,22)/t12-,13+,14+,18+/m0/s1. The van der Waals surface area contributed by atoms with Gasteiger partial charge in [-0.15, -0.1) is 0 Å². The maximum atomic E-state index is 12.6. The molecule has 25 heavy (non-hydrogen) atoms. The molecule has 2 N–H and O–H groups in total. The third kappa shape index (κ3) is 3.60. The predicted octanol–water partition coefficient (Wildman–Crippen LogP) is 2.68. The number of amides is 1. The summed E-state index contributed by atoms with van der Waals surface area (Å²) in [4.78, 5) is 12.8. The Kier molecular flexibility index (Phi) is 4.36. The van der Waals surface area contributed by atoms with Crippen LogP contribution in [0.4, 0.5) is 0 Å². The molecule has 1 aromatic rings. The average molecular weight is 362 g/mol. The van der Waals surface area contributed by atoms with Gasteiger partial charge in [-0.05, 0) is 75.0 Å². The number of hydrogen-bond donors (Lipinski definition) is 2. The minimum absolute atomic E-state index is 0.0558. The molecule has 0 saturated heterocycles. The van der Waals surface area contributed by atoms with E-state index >= 15 is 0 Å². The Morgan fingerprint density at radius 1 is 1.16 bits per heavy atom. The molecule has 0 aromatic heterocycles. The summed E-state index contributed by atoms with van der Waals surface area (Å²) in [5.41, 5.74) is 0.411. The molecule has 0 unspecified atom stereocenters. The summed E-state index contributed by atoms with van der Waals surface area (Å²) in [6.07, 6.45) is 6.93. The van der Waals surface area contributed by atoms with E-state index in [1.165, 1.54) is 31.7 Å². The van der Waals surface area contributed by atoms with Gasteiger partial charge in [-0.3, -0.25) is 4.79 Å². The summed E-state index contributed by atoms with van der Waals surface area (Å²) in [6.45, 7) is 2.08. The van der Waals surface area contributed by atoms with Crippen LogP contribution >= 0.6 is 0 Å². The molecule has 3 fully saturated rings. The van der Waals surface area contributed by atoms with E-state index in [0.29, 0.717) is 11.5 Å². The van der Waals surface area contributed by atoms with Gasteiger partial charge in [0, 0.05) is 17.6 Å². The van der Waals surface area contributed by atoms with Crippen LogP contribution < -0.4 is 10.0 Å². The van der Waals surface area contributed by atoms with Gasteiger partial charge in [0.1, 0.15) is 0 Å². The number of rotatable bonds is 6. The molecule has 1 aromatic carbocycles. The van der Waals surface area contributed by atoms with Gasteiger partial charge in [-0.1, -0.05) is 12.5 Å². The lowest BCUT2D eigenvalue weighted by Gasteiger charge is -2.28. The summed E-state index contributed by atoms with van der Waals surface area (Å²) in [6, 6.07) is 6.53. The van der Waals surface area contributed by atoms with Gasteiger partial charge in [0.25, 0.3) is 5.91 Å². The minimum atomic E-state index is -3.53. The highest BCUT2D eigenvalue weighted by Crippen LogP contribution is 2.49. The van der Waals surface area contributed by atoms with Crippen molar-refractivity contribution in [3.05, 3.63) is 29.8 Å². The zero-order valence-corrected chi connectivity index (χ0v) is 15.4. The summed E-state index contributed by atoms with van der Waals surface area (Å²) in [7, 11) is -3.53. The van der Waals surface area contributed by atoms with Gasteiger partial charge in [-0.25, -0.2) is 13.1 Å². The van der Waals surface area contributed by atoms with Crippen LogP contribution in [0, 0.1) is 17.8 Å². The van der Waals surface area contributed by atoms with Crippen molar-refractivity contribution >= 4 is 15.9 Å². The quantitative estimate of drug-likeness (QED) is 0.817. The van der Waals surface area contributed by atoms with Crippen molar-refractivity contribution in [1.82, 2.24) is 10.0 Å². The molecule has 0 heterocycles. The van der Waals surface area contributed by atoms with Gasteiger partial charge in [0.15, 0.2) is 0 Å². The first-order valence-electron chi connectivity index (χ1n) is 9.35. The fraction of sp³-hybridized carbons (Fsp3) is 0.632. The highest BCUT2D eigenvalue weighted by Gasteiger charge is 2.42. The molecule has 4 atom stereocenters. The monoisotopic (exact) mass is 362 g/mol. The number of fused-ring (bicyclic) bond motifs is 2. The van der Waals surface area contributed by atoms with E-state index in [1.54, 1.807) is 18.2 Å². The lowest BCUT2D eigenvalue weighted by atomic mass is 9.84. The van der Waals surface area contributed by atoms with Gasteiger partial charge < -0.3 is 5.32 Å². The summed E-state index contributed by atoms with van der Waals surface area (Å²) in [5.74, 6) is 1.97. The Morgan fingerprint density at radius 3 is 2.60 bits per heavy atom. The van der Waals surface area contributed by atoms with Crippen molar-refractivity contribution in [2.45, 2.75) is 62.4 Å². The molecule has 3 aliphatic rings. The van der Waals surface area contributed by atoms with Gasteiger partial charge in [0.2, 0.25) is 10.0 Å². The van der Waals surface area contributed by atoms with E-state index in [1.807, 2.05) is 0 Å². The predicted molar refractivity (Wildman–Crippen MR) is 95.7 cm³/mol. The topological polar surface area (TPSA) is 75.3 Å². The third-order valence-electron chi connectivity index (χ3n) is 6.10. The van der Waals surface area contributed by atoms with Gasteiger partial charge in [0.05, 0.1) is 4.90 Å². The molecule has 0 radical (unpaired) electrons. The Balaban J connectivity index is 1.44. The molecule has 5 nitrogen and oxygen atoms in total. The highest BCUT2D eigenvalue weighted by atomic mass is 32.2. The van der Waals surface area contributed by atoms with Crippen LogP contribution in [-0.2, 0) is 10.0 Å². The summed E-state index contributed by atoms with van der Waals surface area (Å²) >= 11 is 0. The van der Waals surface area contributed by atoms with Gasteiger partial charge in [-0.2, -0.15) is 0 Å². The summed E-state index contributed by atoms with van der Waals surface area (Å²) < 4.78 is 27.3. The molecule has 0 spiro atoms. The van der Waals surface area contributed by atoms with Gasteiger partial charge >= 0.3 is 0 Å². The molecule has 6 heteroatoms. The summed E-state index contributed by atoms with van der Waals surface area (Å²) in [5, 5.41) is 3.10. The first-order valence-corrected chi connectivity index (χ1v) is 10.8. The van der Waals surface area contributed by atoms with Crippen LogP contribution in [0.1, 0.15) is 55.8 Å². The van der Waals surface area contributed by atoms with E-state index in [-0.39, 0.29) is 22.9 Å². The zero-order chi connectivity index (χ0) is 17.6. The van der Waals surface area contributed by atoms with E-state index in [2.05, 4.69) is 17.0 Å². The molecule has 2 bridgehead atoms. The molecular weight excluding hydrogens is 336 g/mol. The second-order valence-electron chi connectivity index (χ2n) is 8.02. The SMILES string of the molecule is C[C@H](NC(=O)c1cccc(S(=O)(=O)NC2CC2)c1)[C@H]1C[C@@H]2CC[C@@H]1C2. The lowest BCUT2D eigenvalue weighted by Crippen LogP contribution is -2.40. The van der Waals surface area contributed by atoms with E-state index in [4.69, 9.17) is 0 Å². The number of carbonyl (C=O) groups is 1. The molecule has 3 saturated carbocycles. The molecule has 1 amide bonds. The van der Waals surface area contributed by atoms with Crippen molar-refractivity contribution in [2.24, 2.45) is 17.8 Å². The third-order valence-corrected chi connectivity index (χ3v) is 7.62. The Hall–Kier alpha value is -1.40. The Morgan fingerprint density at radius 2 is 1.96 bits per heavy atom. The fourth-order valence-corrected chi connectivity index (χ4v) is 5.95. The molecule has 3 aliphatic carbocycles. The zero-order valence-electron chi connectivity index (χ0n) is 14.6. The van der Waals surface area contributed by atoms with E-state index in [9.17, 15) is 13.2 Å². The largest absolute Gasteiger partial charge is 0.349 e. The second-order valence-corrected chi connectivity index (χ2v) is 9.74. The first-order chi connectivity index (χ1) is 11.9. The highest BCUT2D eigenvalue weighted by molar-refractivity contribution is 7.89. The smallest absolute Gasteiger partial charge is 0.251 e. The van der Waals surface area contributed by atoms with Crippen LogP contribution in [0.15, 0.2) is 29.2 Å². The first kappa shape index (κ1) is 17.0. The Bertz CT molecular complexity index is 773. The van der Waals surface area contributed by atoms with E-state index < -0.39 is 10.0 Å². The van der Waals surface area contributed by atoms with Crippen molar-refractivity contribution < 1.29 is 13.2 Å². The molecule has 4 rings (SSSR count). The maximum absolute atomic E-state index is 12.6. The van der Waals surface area contributed by atoms with Crippen molar-refractivity contribution in [3.63, 3.8) is 0 Å². The second kappa shape index (κ2) is 6.40. The molecule has 0 aliphatic heterocycles. The van der Waals surface area contributed by atoms with Crippen molar-refractivity contribution in [1.29, 1.82) is 0 Å². The van der Waals surface area contributed by atoms with Crippen LogP contribution in [0.3, 0.4) is 0 Å². The van der Waals surface area contributed by atoms with Crippen molar-refractivity contribution in [2.75, 3.05) is 0 Å². The van der Waals surface area contributed by atoms with E-state index in [0.717, 1.165) is 24.7 Å². The van der Waals surface area contributed by atoms with Crippen LogP contribution in [-0.4, -0.2) is 26.4 Å². The molecular formula is C19H26N2O3S. The Labute approximate surface area is 149 Å². The van der Waals surface area contributed by atoms with Crippen LogP contribution in [0.25, 0.3) is 0 Å². The number of benzene rings is 1. The van der Waals surface area contributed by atoms with Crippen LogP contribution in [0.5, 0.6) is 0 Å². The minimum Gasteiger partial charge on any atom is -0.349 e. The number of nitrogens with one attached hydrogen (secondary N) is 2.